The van der Waals surface area contributed by atoms with Crippen molar-refractivity contribution < 1.29 is 33.6 Å². The van der Waals surface area contributed by atoms with Crippen LogP contribution in [0.15, 0.2) is 91.0 Å². The minimum absolute atomic E-state index is 0.144. The number of hydrogen-bond acceptors (Lipinski definition) is 7. The van der Waals surface area contributed by atoms with E-state index in [0.717, 1.165) is 5.56 Å². The van der Waals surface area contributed by atoms with Crippen molar-refractivity contribution in [1.29, 1.82) is 0 Å². The zero-order valence-corrected chi connectivity index (χ0v) is 17.8. The average molecular weight is 448 g/mol. The predicted octanol–water partition coefficient (Wildman–Crippen LogP) is 3.37. The van der Waals surface area contributed by atoms with Gasteiger partial charge in [-0.1, -0.05) is 66.7 Å². The molecule has 7 nitrogen and oxygen atoms in total. The maximum atomic E-state index is 12.8. The van der Waals surface area contributed by atoms with Crippen molar-refractivity contribution in [3.05, 3.63) is 108 Å². The molecule has 1 aliphatic heterocycles. The van der Waals surface area contributed by atoms with E-state index in [4.69, 9.17) is 18.9 Å². The molecule has 0 aromatic heterocycles. The Morgan fingerprint density at radius 1 is 0.758 bits per heavy atom. The second-order valence-electron chi connectivity index (χ2n) is 7.53. The van der Waals surface area contributed by atoms with Gasteiger partial charge in [0.05, 0.1) is 24.3 Å². The molecule has 33 heavy (non-hydrogen) atoms. The normalized spacial score (nSPS) is 22.3. The Morgan fingerprint density at radius 2 is 1.27 bits per heavy atom. The van der Waals surface area contributed by atoms with Gasteiger partial charge < -0.3 is 24.1 Å². The number of aliphatic hydroxyl groups excluding tert-OH is 1. The molecule has 0 amide bonds. The van der Waals surface area contributed by atoms with Gasteiger partial charge in [0.15, 0.2) is 18.5 Å². The van der Waals surface area contributed by atoms with Crippen LogP contribution in [0.1, 0.15) is 26.3 Å². The third kappa shape index (κ3) is 5.84. The topological polar surface area (TPSA) is 91.3 Å². The Balaban J connectivity index is 1.55. The van der Waals surface area contributed by atoms with Crippen molar-refractivity contribution in [1.82, 2.24) is 0 Å². The molecule has 0 bridgehead atoms. The first-order valence-electron chi connectivity index (χ1n) is 10.6. The quantitative estimate of drug-likeness (QED) is 0.554. The fourth-order valence-electron chi connectivity index (χ4n) is 3.49. The van der Waals surface area contributed by atoms with Gasteiger partial charge in [-0.15, -0.1) is 0 Å². The first kappa shape index (κ1) is 22.7. The van der Waals surface area contributed by atoms with Crippen molar-refractivity contribution in [3.63, 3.8) is 0 Å². The van der Waals surface area contributed by atoms with Gasteiger partial charge in [-0.05, 0) is 29.8 Å². The van der Waals surface area contributed by atoms with E-state index in [0.29, 0.717) is 11.1 Å². The van der Waals surface area contributed by atoms with Gasteiger partial charge in [0.2, 0.25) is 0 Å². The fourth-order valence-corrected chi connectivity index (χ4v) is 3.49. The smallest absolute Gasteiger partial charge is 0.338 e. The summed E-state index contributed by atoms with van der Waals surface area (Å²) in [7, 11) is 0. The first-order valence-corrected chi connectivity index (χ1v) is 10.6. The van der Waals surface area contributed by atoms with E-state index in [-0.39, 0.29) is 13.2 Å². The third-order valence-corrected chi connectivity index (χ3v) is 5.21. The summed E-state index contributed by atoms with van der Waals surface area (Å²) in [5, 5.41) is 10.5. The molecule has 3 aromatic carbocycles. The molecule has 0 unspecified atom stereocenters. The van der Waals surface area contributed by atoms with Crippen LogP contribution in [0.3, 0.4) is 0 Å². The highest BCUT2D eigenvalue weighted by Crippen LogP contribution is 2.25. The molecule has 0 aliphatic carbocycles. The molecule has 1 heterocycles. The molecule has 0 radical (unpaired) electrons. The first-order chi connectivity index (χ1) is 16.1. The molecule has 170 valence electrons. The van der Waals surface area contributed by atoms with Crippen molar-refractivity contribution in [2.75, 3.05) is 6.61 Å². The van der Waals surface area contributed by atoms with E-state index in [1.807, 2.05) is 30.3 Å². The van der Waals surface area contributed by atoms with E-state index in [9.17, 15) is 14.7 Å². The molecule has 0 spiro atoms. The summed E-state index contributed by atoms with van der Waals surface area (Å²) in [4.78, 5) is 25.5. The van der Waals surface area contributed by atoms with Gasteiger partial charge in [0, 0.05) is 0 Å². The maximum absolute atomic E-state index is 12.8. The highest BCUT2D eigenvalue weighted by atomic mass is 16.7. The van der Waals surface area contributed by atoms with Gasteiger partial charge in [0.1, 0.15) is 6.10 Å². The van der Waals surface area contributed by atoms with Gasteiger partial charge in [-0.3, -0.25) is 0 Å². The lowest BCUT2D eigenvalue weighted by molar-refractivity contribution is -0.266. The predicted molar refractivity (Wildman–Crippen MR) is 118 cm³/mol. The van der Waals surface area contributed by atoms with Crippen molar-refractivity contribution >= 4 is 11.9 Å². The molecule has 3 aromatic rings. The maximum Gasteiger partial charge on any atom is 0.338 e. The van der Waals surface area contributed by atoms with E-state index in [1.54, 1.807) is 60.7 Å². The number of ether oxygens (including phenoxy) is 4. The Bertz CT molecular complexity index is 1040. The largest absolute Gasteiger partial charge is 0.452 e. The number of benzene rings is 3. The second kappa shape index (κ2) is 10.9. The summed E-state index contributed by atoms with van der Waals surface area (Å²) in [6.45, 7) is -0.0116. The molecule has 7 heteroatoms. The average Bonchev–Trinajstić information content (AvgIpc) is 2.87. The van der Waals surface area contributed by atoms with Crippen molar-refractivity contribution in [2.45, 2.75) is 31.2 Å². The fraction of sp³-hybridized carbons (Fsp3) is 0.231. The van der Waals surface area contributed by atoms with Crippen LogP contribution in [0.4, 0.5) is 0 Å². The van der Waals surface area contributed by atoms with E-state index in [1.165, 1.54) is 0 Å². The van der Waals surface area contributed by atoms with Gasteiger partial charge in [0.25, 0.3) is 0 Å². The summed E-state index contributed by atoms with van der Waals surface area (Å²) >= 11 is 0. The minimum atomic E-state index is -1.37. The highest BCUT2D eigenvalue weighted by molar-refractivity contribution is 5.90. The van der Waals surface area contributed by atoms with Crippen LogP contribution in [0, 0.1) is 0 Å². The molecule has 1 fully saturated rings. The van der Waals surface area contributed by atoms with Crippen LogP contribution in [0.2, 0.25) is 0 Å². The number of rotatable bonds is 7. The van der Waals surface area contributed by atoms with Crippen LogP contribution in [0.5, 0.6) is 0 Å². The van der Waals surface area contributed by atoms with Crippen molar-refractivity contribution in [3.8, 4) is 0 Å². The van der Waals surface area contributed by atoms with Crippen LogP contribution in [-0.4, -0.2) is 48.3 Å². The summed E-state index contributed by atoms with van der Waals surface area (Å²) in [5.41, 5.74) is 1.54. The lowest BCUT2D eigenvalue weighted by Gasteiger charge is -2.39. The highest BCUT2D eigenvalue weighted by Gasteiger charge is 2.45. The van der Waals surface area contributed by atoms with E-state index < -0.39 is 36.5 Å². The second-order valence-corrected chi connectivity index (χ2v) is 7.53. The molecule has 4 atom stereocenters. The standard InChI is InChI=1S/C26H24O7/c27-24(19-12-6-2-7-13-19)32-21-17-31-26(29)23(30-16-18-10-4-1-5-11-18)22(21)33-25(28)20-14-8-3-9-15-20/h1-15,21-23,26,29H,16-17H2/t21-,22+,23-,26+/m1/s1. The molecule has 4 rings (SSSR count). The monoisotopic (exact) mass is 448 g/mol. The molecular weight excluding hydrogens is 424 g/mol. The van der Waals surface area contributed by atoms with Gasteiger partial charge in [-0.25, -0.2) is 9.59 Å². The molecule has 1 aliphatic rings. The molecule has 1 N–H and O–H groups in total. The Hall–Kier alpha value is -3.52. The molecular formula is C26H24O7. The van der Waals surface area contributed by atoms with Crippen LogP contribution < -0.4 is 0 Å². The Kier molecular flexibility index (Phi) is 7.47. The lowest BCUT2D eigenvalue weighted by atomic mass is 10.0. The SMILES string of the molecule is O=C(O[C@@H]1[C@@H](OCc2ccccc2)[C@@H](O)OC[C@H]1OC(=O)c1ccccc1)c1ccccc1. The summed E-state index contributed by atoms with van der Waals surface area (Å²) in [6, 6.07) is 26.3. The lowest BCUT2D eigenvalue weighted by Crippen LogP contribution is -2.57. The zero-order chi connectivity index (χ0) is 23.0. The van der Waals surface area contributed by atoms with Crippen molar-refractivity contribution in [2.24, 2.45) is 0 Å². The minimum Gasteiger partial charge on any atom is -0.452 e. The number of aliphatic hydroxyl groups is 1. The Morgan fingerprint density at radius 3 is 1.85 bits per heavy atom. The summed E-state index contributed by atoms with van der Waals surface area (Å²) in [6.07, 6.45) is -4.50. The third-order valence-electron chi connectivity index (χ3n) is 5.21. The molecule has 0 saturated carbocycles. The number of hydrogen-bond donors (Lipinski definition) is 1. The number of esters is 2. The summed E-state index contributed by atoms with van der Waals surface area (Å²) in [5.74, 6) is -1.22. The van der Waals surface area contributed by atoms with Gasteiger partial charge in [-0.2, -0.15) is 0 Å². The molecule has 1 saturated heterocycles. The van der Waals surface area contributed by atoms with Crippen LogP contribution >= 0.6 is 0 Å². The van der Waals surface area contributed by atoms with Crippen LogP contribution in [0.25, 0.3) is 0 Å². The Labute approximate surface area is 191 Å². The number of carbonyl (C=O) groups is 2. The van der Waals surface area contributed by atoms with E-state index in [2.05, 4.69) is 0 Å². The number of carbonyl (C=O) groups excluding carboxylic acids is 2. The summed E-state index contributed by atoms with van der Waals surface area (Å²) < 4.78 is 22.7. The zero-order valence-electron chi connectivity index (χ0n) is 17.8. The van der Waals surface area contributed by atoms with Gasteiger partial charge >= 0.3 is 11.9 Å². The van der Waals surface area contributed by atoms with E-state index >= 15 is 0 Å². The van der Waals surface area contributed by atoms with Crippen LogP contribution in [-0.2, 0) is 25.6 Å².